The lowest BCUT2D eigenvalue weighted by atomic mass is 9.76. The number of amides is 2. The predicted molar refractivity (Wildman–Crippen MR) is 48.5 cm³/mol. The third kappa shape index (κ3) is 2.72. The summed E-state index contributed by atoms with van der Waals surface area (Å²) in [6.07, 6.45) is 2.27. The maximum atomic E-state index is 11.3. The lowest BCUT2D eigenvalue weighted by Gasteiger charge is -2.31. The van der Waals surface area contributed by atoms with Gasteiger partial charge in [-0.1, -0.05) is 13.8 Å². The molecule has 2 amide bonds. The Balaban J connectivity index is 2.15. The standard InChI is InChI=1S/C9H16N2O2/c1-3-8(12)10-11-9(13)7-4-6(2)5-7/h6-7H,3-5H2,1-2H3,(H,10,12)(H,11,13). The highest BCUT2D eigenvalue weighted by atomic mass is 16.2. The minimum absolute atomic E-state index is 0.0556. The van der Waals surface area contributed by atoms with Gasteiger partial charge in [-0.25, -0.2) is 0 Å². The minimum atomic E-state index is -0.152. The first kappa shape index (κ1) is 10.0. The van der Waals surface area contributed by atoms with Crippen LogP contribution in [0.15, 0.2) is 0 Å². The number of rotatable bonds is 2. The van der Waals surface area contributed by atoms with Crippen LogP contribution in [-0.4, -0.2) is 11.8 Å². The van der Waals surface area contributed by atoms with Crippen molar-refractivity contribution in [1.82, 2.24) is 10.9 Å². The van der Waals surface area contributed by atoms with Crippen molar-refractivity contribution in [3.05, 3.63) is 0 Å². The summed E-state index contributed by atoms with van der Waals surface area (Å²) in [6.45, 7) is 3.86. The molecule has 0 radical (unpaired) electrons. The largest absolute Gasteiger partial charge is 0.273 e. The van der Waals surface area contributed by atoms with E-state index in [0.717, 1.165) is 12.8 Å². The predicted octanol–water partition coefficient (Wildman–Crippen LogP) is 0.590. The van der Waals surface area contributed by atoms with Crippen LogP contribution in [0.25, 0.3) is 0 Å². The molecule has 0 aromatic rings. The lowest BCUT2D eigenvalue weighted by Crippen LogP contribution is -2.47. The van der Waals surface area contributed by atoms with Gasteiger partial charge in [0.25, 0.3) is 0 Å². The number of hydrogen-bond acceptors (Lipinski definition) is 2. The maximum Gasteiger partial charge on any atom is 0.241 e. The molecule has 1 fully saturated rings. The Kier molecular flexibility index (Phi) is 3.28. The first-order valence-corrected chi connectivity index (χ1v) is 4.72. The monoisotopic (exact) mass is 184 g/mol. The van der Waals surface area contributed by atoms with E-state index in [2.05, 4.69) is 17.8 Å². The third-order valence-corrected chi connectivity index (χ3v) is 2.39. The third-order valence-electron chi connectivity index (χ3n) is 2.39. The van der Waals surface area contributed by atoms with Crippen molar-refractivity contribution in [3.63, 3.8) is 0 Å². The van der Waals surface area contributed by atoms with Crippen molar-refractivity contribution in [2.45, 2.75) is 33.1 Å². The molecule has 4 nitrogen and oxygen atoms in total. The summed E-state index contributed by atoms with van der Waals surface area (Å²) in [5.41, 5.74) is 4.77. The molecule has 0 aliphatic heterocycles. The number of hydrazine groups is 1. The van der Waals surface area contributed by atoms with Crippen molar-refractivity contribution in [2.24, 2.45) is 11.8 Å². The van der Waals surface area contributed by atoms with E-state index in [4.69, 9.17) is 0 Å². The second kappa shape index (κ2) is 4.25. The van der Waals surface area contributed by atoms with E-state index in [1.54, 1.807) is 6.92 Å². The van der Waals surface area contributed by atoms with Gasteiger partial charge < -0.3 is 0 Å². The Labute approximate surface area is 78.0 Å². The van der Waals surface area contributed by atoms with Crippen molar-refractivity contribution in [1.29, 1.82) is 0 Å². The summed E-state index contributed by atoms with van der Waals surface area (Å²) < 4.78 is 0. The molecular formula is C9H16N2O2. The Morgan fingerprint density at radius 1 is 1.31 bits per heavy atom. The zero-order valence-corrected chi connectivity index (χ0v) is 8.09. The van der Waals surface area contributed by atoms with Crippen LogP contribution in [-0.2, 0) is 9.59 Å². The Bertz CT molecular complexity index is 210. The van der Waals surface area contributed by atoms with Crippen molar-refractivity contribution < 1.29 is 9.59 Å². The maximum absolute atomic E-state index is 11.3. The molecule has 4 heteroatoms. The van der Waals surface area contributed by atoms with Gasteiger partial charge in [-0.3, -0.25) is 20.4 Å². The fraction of sp³-hybridized carbons (Fsp3) is 0.778. The van der Waals surface area contributed by atoms with E-state index in [1.165, 1.54) is 0 Å². The number of hydrogen-bond donors (Lipinski definition) is 2. The van der Waals surface area contributed by atoms with Crippen LogP contribution >= 0.6 is 0 Å². The van der Waals surface area contributed by atoms with Gasteiger partial charge in [-0.05, 0) is 18.8 Å². The lowest BCUT2D eigenvalue weighted by molar-refractivity contribution is -0.133. The van der Waals surface area contributed by atoms with Gasteiger partial charge >= 0.3 is 0 Å². The molecule has 0 spiro atoms. The second-order valence-electron chi connectivity index (χ2n) is 3.66. The SMILES string of the molecule is CCC(=O)NNC(=O)C1CC(C)C1. The molecule has 1 aliphatic carbocycles. The van der Waals surface area contributed by atoms with Gasteiger partial charge in [0.2, 0.25) is 11.8 Å². The van der Waals surface area contributed by atoms with E-state index >= 15 is 0 Å². The fourth-order valence-corrected chi connectivity index (χ4v) is 1.44. The van der Waals surface area contributed by atoms with Crippen LogP contribution in [0.4, 0.5) is 0 Å². The van der Waals surface area contributed by atoms with Crippen molar-refractivity contribution in [2.75, 3.05) is 0 Å². The molecular weight excluding hydrogens is 168 g/mol. The van der Waals surface area contributed by atoms with Crippen LogP contribution in [0.3, 0.4) is 0 Å². The van der Waals surface area contributed by atoms with Crippen LogP contribution in [0.5, 0.6) is 0 Å². The molecule has 2 N–H and O–H groups in total. The molecule has 0 heterocycles. The zero-order chi connectivity index (χ0) is 9.84. The summed E-state index contributed by atoms with van der Waals surface area (Å²) >= 11 is 0. The molecule has 1 aliphatic rings. The summed E-state index contributed by atoms with van der Waals surface area (Å²) in [7, 11) is 0. The average Bonchev–Trinajstić information content (AvgIpc) is 2.08. The molecule has 0 aromatic carbocycles. The zero-order valence-electron chi connectivity index (χ0n) is 8.09. The van der Waals surface area contributed by atoms with E-state index in [9.17, 15) is 9.59 Å². The fourth-order valence-electron chi connectivity index (χ4n) is 1.44. The molecule has 13 heavy (non-hydrogen) atoms. The highest BCUT2D eigenvalue weighted by Gasteiger charge is 2.31. The molecule has 74 valence electrons. The first-order valence-electron chi connectivity index (χ1n) is 4.72. The van der Waals surface area contributed by atoms with E-state index in [1.807, 2.05) is 0 Å². The number of carbonyl (C=O) groups excluding carboxylic acids is 2. The Morgan fingerprint density at radius 2 is 1.92 bits per heavy atom. The molecule has 0 unspecified atom stereocenters. The number of nitrogens with one attached hydrogen (secondary N) is 2. The van der Waals surface area contributed by atoms with Crippen LogP contribution in [0, 0.1) is 11.8 Å². The summed E-state index contributed by atoms with van der Waals surface area (Å²) in [4.78, 5) is 22.0. The van der Waals surface area contributed by atoms with Gasteiger partial charge in [-0.15, -0.1) is 0 Å². The molecule has 0 bridgehead atoms. The summed E-state index contributed by atoms with van der Waals surface area (Å²) in [5, 5.41) is 0. The molecule has 0 saturated heterocycles. The Morgan fingerprint density at radius 3 is 2.38 bits per heavy atom. The van der Waals surface area contributed by atoms with Crippen LogP contribution in [0.1, 0.15) is 33.1 Å². The topological polar surface area (TPSA) is 58.2 Å². The Hall–Kier alpha value is -1.06. The van der Waals surface area contributed by atoms with Crippen molar-refractivity contribution in [3.8, 4) is 0 Å². The summed E-state index contributed by atoms with van der Waals surface area (Å²) in [5.74, 6) is 0.547. The first-order chi connectivity index (χ1) is 6.13. The average molecular weight is 184 g/mol. The highest BCUT2D eigenvalue weighted by Crippen LogP contribution is 2.32. The molecule has 0 atom stereocenters. The molecule has 0 aromatic heterocycles. The quantitative estimate of drug-likeness (QED) is 0.617. The highest BCUT2D eigenvalue weighted by molar-refractivity contribution is 5.83. The van der Waals surface area contributed by atoms with Gasteiger partial charge in [0.1, 0.15) is 0 Å². The van der Waals surface area contributed by atoms with Gasteiger partial charge in [0, 0.05) is 12.3 Å². The van der Waals surface area contributed by atoms with Gasteiger partial charge in [-0.2, -0.15) is 0 Å². The van der Waals surface area contributed by atoms with Crippen molar-refractivity contribution >= 4 is 11.8 Å². The minimum Gasteiger partial charge on any atom is -0.273 e. The molecule has 1 rings (SSSR count). The van der Waals surface area contributed by atoms with E-state index < -0.39 is 0 Å². The second-order valence-corrected chi connectivity index (χ2v) is 3.66. The summed E-state index contributed by atoms with van der Waals surface area (Å²) in [6, 6.07) is 0. The van der Waals surface area contributed by atoms with Gasteiger partial charge in [0.15, 0.2) is 0 Å². The number of carbonyl (C=O) groups is 2. The smallest absolute Gasteiger partial charge is 0.241 e. The molecule has 1 saturated carbocycles. The van der Waals surface area contributed by atoms with Crippen LogP contribution in [0.2, 0.25) is 0 Å². The van der Waals surface area contributed by atoms with Gasteiger partial charge in [0.05, 0.1) is 0 Å². The van der Waals surface area contributed by atoms with Crippen LogP contribution < -0.4 is 10.9 Å². The van der Waals surface area contributed by atoms with E-state index in [0.29, 0.717) is 12.3 Å². The normalized spacial score (nSPS) is 26.0. The van der Waals surface area contributed by atoms with E-state index in [-0.39, 0.29) is 17.7 Å².